The average Bonchev–Trinajstić information content (AvgIpc) is 3.41. The first-order valence-corrected chi connectivity index (χ1v) is 10.2. The van der Waals surface area contributed by atoms with Crippen molar-refractivity contribution < 1.29 is 13.6 Å². The van der Waals surface area contributed by atoms with Gasteiger partial charge in [-0.3, -0.25) is 4.79 Å². The van der Waals surface area contributed by atoms with Gasteiger partial charge in [0.15, 0.2) is 5.76 Å². The zero-order valence-electron chi connectivity index (χ0n) is 14.8. The molecule has 142 valence electrons. The highest BCUT2D eigenvalue weighted by Crippen LogP contribution is 2.27. The normalized spacial score (nSPS) is 10.9. The first-order valence-electron chi connectivity index (χ1n) is 8.33. The third-order valence-corrected chi connectivity index (χ3v) is 5.56. The van der Waals surface area contributed by atoms with Crippen LogP contribution in [0.5, 0.6) is 0 Å². The third kappa shape index (κ3) is 4.15. The van der Waals surface area contributed by atoms with E-state index < -0.39 is 0 Å². The number of amides is 1. The molecule has 0 bridgehead atoms. The topological polar surface area (TPSA) is 73.0 Å². The van der Waals surface area contributed by atoms with Gasteiger partial charge in [-0.2, -0.15) is 9.78 Å². The maximum atomic E-state index is 13.0. The Balaban J connectivity index is 1.47. The van der Waals surface area contributed by atoms with Gasteiger partial charge in [0.25, 0.3) is 0 Å². The maximum absolute atomic E-state index is 13.0. The number of aromatic nitrogens is 3. The molecule has 1 N–H and O–H groups in total. The molecule has 0 aliphatic carbocycles. The number of hydrogen-bond acceptors (Lipinski definition) is 6. The zero-order chi connectivity index (χ0) is 19.5. The fraction of sp³-hybridized carbons (Fsp3) is 0.105. The number of thiazole rings is 1. The van der Waals surface area contributed by atoms with Gasteiger partial charge in [-0.1, -0.05) is 0 Å². The lowest BCUT2D eigenvalue weighted by molar-refractivity contribution is -0.113. The zero-order valence-corrected chi connectivity index (χ0v) is 16.4. The number of halogens is 1. The Morgan fingerprint density at radius 1 is 1.32 bits per heavy atom. The van der Waals surface area contributed by atoms with Crippen LogP contribution in [0.25, 0.3) is 16.6 Å². The smallest absolute Gasteiger partial charge is 0.235 e. The summed E-state index contributed by atoms with van der Waals surface area (Å²) in [5.41, 5.74) is 1.47. The van der Waals surface area contributed by atoms with Gasteiger partial charge in [0.2, 0.25) is 11.0 Å². The van der Waals surface area contributed by atoms with Gasteiger partial charge in [-0.25, -0.2) is 9.37 Å². The molecular formula is C19H15FN4O2S2. The Morgan fingerprint density at radius 2 is 2.14 bits per heavy atom. The van der Waals surface area contributed by atoms with Gasteiger partial charge >= 0.3 is 0 Å². The number of benzene rings is 1. The number of carbonyl (C=O) groups is 1. The molecule has 6 nitrogen and oxygen atoms in total. The first-order chi connectivity index (χ1) is 13.6. The van der Waals surface area contributed by atoms with E-state index >= 15 is 0 Å². The highest BCUT2D eigenvalue weighted by molar-refractivity contribution is 8.00. The molecule has 28 heavy (non-hydrogen) atoms. The van der Waals surface area contributed by atoms with E-state index in [9.17, 15) is 9.18 Å². The van der Waals surface area contributed by atoms with Gasteiger partial charge in [0, 0.05) is 16.3 Å². The summed E-state index contributed by atoms with van der Waals surface area (Å²) in [4.78, 5) is 17.7. The average molecular weight is 414 g/mol. The number of carbonyl (C=O) groups excluding carboxylic acids is 1. The van der Waals surface area contributed by atoms with Crippen molar-refractivity contribution in [3.05, 3.63) is 65.6 Å². The summed E-state index contributed by atoms with van der Waals surface area (Å²) in [7, 11) is 0. The highest BCUT2D eigenvalue weighted by Gasteiger charge is 2.15. The highest BCUT2D eigenvalue weighted by atomic mass is 32.2. The van der Waals surface area contributed by atoms with Crippen LogP contribution in [0.3, 0.4) is 0 Å². The molecule has 0 aliphatic rings. The van der Waals surface area contributed by atoms with Crippen molar-refractivity contribution in [2.24, 2.45) is 0 Å². The summed E-state index contributed by atoms with van der Waals surface area (Å²) in [6, 6.07) is 11.5. The van der Waals surface area contributed by atoms with E-state index in [-0.39, 0.29) is 17.5 Å². The number of thioether (sulfide) groups is 1. The van der Waals surface area contributed by atoms with E-state index in [4.69, 9.17) is 4.42 Å². The minimum Gasteiger partial charge on any atom is -0.463 e. The molecule has 0 radical (unpaired) electrons. The number of aryl methyl sites for hydroxylation is 1. The second kappa shape index (κ2) is 7.99. The fourth-order valence-corrected chi connectivity index (χ4v) is 3.97. The summed E-state index contributed by atoms with van der Waals surface area (Å²) in [6.45, 7) is 1.85. The molecule has 4 rings (SSSR count). The third-order valence-electron chi connectivity index (χ3n) is 3.73. The minimum atomic E-state index is -0.300. The van der Waals surface area contributed by atoms with Crippen LogP contribution in [-0.4, -0.2) is 26.4 Å². The van der Waals surface area contributed by atoms with Crippen molar-refractivity contribution in [2.75, 3.05) is 11.1 Å². The van der Waals surface area contributed by atoms with Crippen molar-refractivity contribution in [3.8, 4) is 16.6 Å². The van der Waals surface area contributed by atoms with Crippen LogP contribution in [0.4, 0.5) is 10.2 Å². The van der Waals surface area contributed by atoms with Crippen molar-refractivity contribution in [1.29, 1.82) is 0 Å². The second-order valence-electron chi connectivity index (χ2n) is 5.87. The minimum absolute atomic E-state index is 0.182. The Labute approximate surface area is 168 Å². The van der Waals surface area contributed by atoms with Crippen LogP contribution in [0.2, 0.25) is 0 Å². The van der Waals surface area contributed by atoms with E-state index in [1.807, 2.05) is 18.4 Å². The predicted octanol–water partition coefficient (Wildman–Crippen LogP) is 4.77. The Hall–Kier alpha value is -2.91. The number of nitrogens with zero attached hydrogens (tertiary/aromatic N) is 3. The Kier molecular flexibility index (Phi) is 5.27. The van der Waals surface area contributed by atoms with Gasteiger partial charge in [0.05, 0.1) is 17.7 Å². The van der Waals surface area contributed by atoms with E-state index in [1.54, 1.807) is 35.2 Å². The summed E-state index contributed by atoms with van der Waals surface area (Å²) in [5, 5.41) is 9.79. The van der Waals surface area contributed by atoms with E-state index in [2.05, 4.69) is 15.4 Å². The molecule has 0 atom stereocenters. The van der Waals surface area contributed by atoms with E-state index in [1.165, 1.54) is 35.2 Å². The molecule has 0 saturated carbocycles. The molecule has 9 heteroatoms. The molecule has 4 aromatic rings. The number of anilines is 1. The predicted molar refractivity (Wildman–Crippen MR) is 107 cm³/mol. The van der Waals surface area contributed by atoms with Gasteiger partial charge in [-0.05, 0) is 43.3 Å². The molecule has 0 fully saturated rings. The number of nitrogens with one attached hydrogen (secondary N) is 1. The van der Waals surface area contributed by atoms with Crippen LogP contribution >= 0.6 is 23.1 Å². The van der Waals surface area contributed by atoms with Crippen molar-refractivity contribution in [2.45, 2.75) is 11.8 Å². The number of rotatable bonds is 6. The SMILES string of the molecule is Cc1cc(NC(=O)CSc2ccc(F)cc2)n(-c2nc(-c3ccco3)cs2)n1. The Morgan fingerprint density at radius 3 is 2.89 bits per heavy atom. The second-order valence-corrected chi connectivity index (χ2v) is 7.75. The summed E-state index contributed by atoms with van der Waals surface area (Å²) in [6.07, 6.45) is 1.59. The summed E-state index contributed by atoms with van der Waals surface area (Å²) < 4.78 is 19.9. The molecule has 1 amide bonds. The molecule has 0 spiro atoms. The number of hydrogen-bond donors (Lipinski definition) is 1. The lowest BCUT2D eigenvalue weighted by atomic mass is 10.4. The molecular weight excluding hydrogens is 399 g/mol. The first kappa shape index (κ1) is 18.5. The molecule has 0 saturated heterocycles. The van der Waals surface area contributed by atoms with Gasteiger partial charge < -0.3 is 9.73 Å². The molecule has 3 heterocycles. The van der Waals surface area contributed by atoms with Gasteiger partial charge in [0.1, 0.15) is 17.3 Å². The van der Waals surface area contributed by atoms with Crippen molar-refractivity contribution in [3.63, 3.8) is 0 Å². The lowest BCUT2D eigenvalue weighted by Gasteiger charge is -2.06. The van der Waals surface area contributed by atoms with E-state index in [0.29, 0.717) is 22.4 Å². The summed E-state index contributed by atoms with van der Waals surface area (Å²) >= 11 is 2.74. The van der Waals surface area contributed by atoms with Crippen molar-refractivity contribution >= 4 is 34.8 Å². The monoisotopic (exact) mass is 414 g/mol. The molecule has 0 unspecified atom stereocenters. The standard InChI is InChI=1S/C19H15FN4O2S2/c1-12-9-17(22-18(25)11-27-14-6-4-13(20)5-7-14)24(23-12)19-21-15(10-28-19)16-3-2-8-26-16/h2-10H,11H2,1H3,(H,22,25). The largest absolute Gasteiger partial charge is 0.463 e. The van der Waals surface area contributed by atoms with Crippen molar-refractivity contribution in [1.82, 2.24) is 14.8 Å². The molecule has 0 aliphatic heterocycles. The van der Waals surface area contributed by atoms with Crippen LogP contribution in [0.1, 0.15) is 5.69 Å². The lowest BCUT2D eigenvalue weighted by Crippen LogP contribution is -2.16. The van der Waals surface area contributed by atoms with Gasteiger partial charge in [-0.15, -0.1) is 23.1 Å². The summed E-state index contributed by atoms with van der Waals surface area (Å²) in [5.74, 6) is 0.935. The number of furan rings is 1. The molecule has 3 aromatic heterocycles. The fourth-order valence-electron chi connectivity index (χ4n) is 2.49. The van der Waals surface area contributed by atoms with Crippen LogP contribution in [0.15, 0.2) is 63.4 Å². The van der Waals surface area contributed by atoms with Crippen LogP contribution in [-0.2, 0) is 4.79 Å². The van der Waals surface area contributed by atoms with Crippen LogP contribution < -0.4 is 5.32 Å². The Bertz CT molecular complexity index is 1090. The quantitative estimate of drug-likeness (QED) is 0.460. The van der Waals surface area contributed by atoms with Crippen LogP contribution in [0, 0.1) is 12.7 Å². The molecule has 1 aromatic carbocycles. The maximum Gasteiger partial charge on any atom is 0.235 e. The van der Waals surface area contributed by atoms with E-state index in [0.717, 1.165) is 10.6 Å².